The number of anilines is 1. The molecule has 0 radical (unpaired) electrons. The summed E-state index contributed by atoms with van der Waals surface area (Å²) < 4.78 is 5.25. The zero-order valence-electron chi connectivity index (χ0n) is 12.2. The van der Waals surface area contributed by atoms with Gasteiger partial charge in [0.1, 0.15) is 10.7 Å². The molecule has 5 heteroatoms. The predicted molar refractivity (Wildman–Crippen MR) is 89.8 cm³/mol. The van der Waals surface area contributed by atoms with Crippen LogP contribution in [-0.2, 0) is 13.0 Å². The van der Waals surface area contributed by atoms with E-state index in [0.29, 0.717) is 11.5 Å². The van der Waals surface area contributed by atoms with E-state index in [1.165, 1.54) is 5.56 Å². The highest BCUT2D eigenvalue weighted by Crippen LogP contribution is 2.23. The van der Waals surface area contributed by atoms with Gasteiger partial charge in [0, 0.05) is 23.5 Å². The molecule has 4 nitrogen and oxygen atoms in total. The molecule has 21 heavy (non-hydrogen) atoms. The van der Waals surface area contributed by atoms with E-state index in [9.17, 15) is 0 Å². The first kappa shape index (κ1) is 15.3. The lowest BCUT2D eigenvalue weighted by molar-refractivity contribution is 0.415. The lowest BCUT2D eigenvalue weighted by atomic mass is 10.1. The third kappa shape index (κ3) is 3.70. The van der Waals surface area contributed by atoms with Gasteiger partial charge >= 0.3 is 0 Å². The lowest BCUT2D eigenvalue weighted by Crippen LogP contribution is -2.14. The fraction of sp³-hybridized carbons (Fsp3) is 0.250. The van der Waals surface area contributed by atoms with Crippen LogP contribution in [0, 0.1) is 0 Å². The standard InChI is InChI=1S/C16H19N3OS/c1-3-11-5-4-8-18-15(11)10-19-14-9-12(20-2)6-7-13(14)16(17)21/h4-9,19H,3,10H2,1-2H3,(H2,17,21). The first-order chi connectivity index (χ1) is 10.2. The van der Waals surface area contributed by atoms with E-state index in [2.05, 4.69) is 23.3 Å². The third-order valence-corrected chi connectivity index (χ3v) is 3.52. The highest BCUT2D eigenvalue weighted by molar-refractivity contribution is 7.80. The van der Waals surface area contributed by atoms with E-state index in [4.69, 9.17) is 22.7 Å². The Kier molecular flexibility index (Phi) is 5.11. The smallest absolute Gasteiger partial charge is 0.120 e. The monoisotopic (exact) mass is 301 g/mol. The fourth-order valence-corrected chi connectivity index (χ4v) is 2.32. The van der Waals surface area contributed by atoms with Crippen LogP contribution < -0.4 is 15.8 Å². The molecule has 0 saturated carbocycles. The van der Waals surface area contributed by atoms with Crippen molar-refractivity contribution in [2.45, 2.75) is 19.9 Å². The fourth-order valence-electron chi connectivity index (χ4n) is 2.14. The molecule has 1 aromatic carbocycles. The number of methoxy groups -OCH3 is 1. The molecule has 0 aliphatic rings. The number of hydrogen-bond acceptors (Lipinski definition) is 4. The number of rotatable bonds is 6. The molecule has 0 aliphatic heterocycles. The van der Waals surface area contributed by atoms with Crippen molar-refractivity contribution in [1.29, 1.82) is 0 Å². The summed E-state index contributed by atoms with van der Waals surface area (Å²) in [6, 6.07) is 9.64. The van der Waals surface area contributed by atoms with Crippen LogP contribution in [0.15, 0.2) is 36.5 Å². The van der Waals surface area contributed by atoms with Gasteiger partial charge in [-0.3, -0.25) is 4.98 Å². The molecule has 0 amide bonds. The molecular weight excluding hydrogens is 282 g/mol. The molecule has 2 rings (SSSR count). The molecular formula is C16H19N3OS. The number of thiocarbonyl (C=S) groups is 1. The van der Waals surface area contributed by atoms with Crippen LogP contribution in [0.3, 0.4) is 0 Å². The van der Waals surface area contributed by atoms with Gasteiger partial charge in [0.25, 0.3) is 0 Å². The Morgan fingerprint density at radius 3 is 2.86 bits per heavy atom. The highest BCUT2D eigenvalue weighted by atomic mass is 32.1. The Labute approximate surface area is 130 Å². The van der Waals surface area contributed by atoms with Gasteiger partial charge < -0.3 is 15.8 Å². The molecule has 0 saturated heterocycles. The number of aryl methyl sites for hydroxylation is 1. The van der Waals surface area contributed by atoms with Crippen molar-refractivity contribution >= 4 is 22.9 Å². The summed E-state index contributed by atoms with van der Waals surface area (Å²) in [5.41, 5.74) is 9.68. The van der Waals surface area contributed by atoms with Gasteiger partial charge in [0.05, 0.1) is 19.3 Å². The second-order valence-electron chi connectivity index (χ2n) is 4.59. The van der Waals surface area contributed by atoms with Crippen LogP contribution >= 0.6 is 12.2 Å². The van der Waals surface area contributed by atoms with Crippen molar-refractivity contribution in [3.63, 3.8) is 0 Å². The molecule has 0 unspecified atom stereocenters. The van der Waals surface area contributed by atoms with Gasteiger partial charge in [-0.15, -0.1) is 0 Å². The van der Waals surface area contributed by atoms with Gasteiger partial charge in [-0.1, -0.05) is 25.2 Å². The van der Waals surface area contributed by atoms with Gasteiger partial charge in [-0.05, 0) is 30.2 Å². The SMILES string of the molecule is CCc1cccnc1CNc1cc(OC)ccc1C(N)=S. The van der Waals surface area contributed by atoms with Crippen LogP contribution in [0.4, 0.5) is 5.69 Å². The highest BCUT2D eigenvalue weighted by Gasteiger charge is 2.08. The van der Waals surface area contributed by atoms with E-state index in [0.717, 1.165) is 29.1 Å². The zero-order chi connectivity index (χ0) is 15.2. The third-order valence-electron chi connectivity index (χ3n) is 3.30. The minimum absolute atomic E-state index is 0.358. The average Bonchev–Trinajstić information content (AvgIpc) is 2.52. The quantitative estimate of drug-likeness (QED) is 0.803. The van der Waals surface area contributed by atoms with Gasteiger partial charge in [-0.2, -0.15) is 0 Å². The molecule has 1 heterocycles. The maximum Gasteiger partial charge on any atom is 0.120 e. The first-order valence-corrected chi connectivity index (χ1v) is 7.21. The number of hydrogen-bond donors (Lipinski definition) is 2. The molecule has 0 atom stereocenters. The van der Waals surface area contributed by atoms with Crippen LogP contribution in [0.1, 0.15) is 23.7 Å². The summed E-state index contributed by atoms with van der Waals surface area (Å²) in [4.78, 5) is 4.78. The molecule has 0 spiro atoms. The number of nitrogens with zero attached hydrogens (tertiary/aromatic N) is 1. The lowest BCUT2D eigenvalue weighted by Gasteiger charge is -2.14. The summed E-state index contributed by atoms with van der Waals surface area (Å²) in [6.45, 7) is 2.74. The molecule has 0 aliphatic carbocycles. The van der Waals surface area contributed by atoms with E-state index >= 15 is 0 Å². The Morgan fingerprint density at radius 2 is 2.19 bits per heavy atom. The molecule has 1 aromatic heterocycles. The molecule has 0 bridgehead atoms. The van der Waals surface area contributed by atoms with Gasteiger partial charge in [0.2, 0.25) is 0 Å². The van der Waals surface area contributed by atoms with Crippen molar-refractivity contribution in [3.05, 3.63) is 53.3 Å². The molecule has 0 fully saturated rings. The minimum atomic E-state index is 0.358. The normalized spacial score (nSPS) is 10.2. The molecule has 3 N–H and O–H groups in total. The van der Waals surface area contributed by atoms with Crippen molar-refractivity contribution in [2.75, 3.05) is 12.4 Å². The van der Waals surface area contributed by atoms with Crippen LogP contribution in [0.25, 0.3) is 0 Å². The first-order valence-electron chi connectivity index (χ1n) is 6.80. The molecule has 2 aromatic rings. The maximum atomic E-state index is 5.77. The number of aromatic nitrogens is 1. The van der Waals surface area contributed by atoms with Crippen molar-refractivity contribution < 1.29 is 4.74 Å². The summed E-state index contributed by atoms with van der Waals surface area (Å²) in [7, 11) is 1.63. The number of pyridine rings is 1. The van der Waals surface area contributed by atoms with Gasteiger partial charge in [-0.25, -0.2) is 0 Å². The van der Waals surface area contributed by atoms with Crippen LogP contribution in [0.5, 0.6) is 5.75 Å². The number of nitrogens with two attached hydrogens (primary N) is 1. The molecule has 110 valence electrons. The van der Waals surface area contributed by atoms with Crippen LogP contribution in [-0.4, -0.2) is 17.1 Å². The second-order valence-corrected chi connectivity index (χ2v) is 5.03. The Morgan fingerprint density at radius 1 is 1.38 bits per heavy atom. The zero-order valence-corrected chi connectivity index (χ0v) is 13.0. The topological polar surface area (TPSA) is 60.2 Å². The van der Waals surface area contributed by atoms with Crippen molar-refractivity contribution in [2.24, 2.45) is 5.73 Å². The Hall–Kier alpha value is -2.14. The van der Waals surface area contributed by atoms with E-state index < -0.39 is 0 Å². The van der Waals surface area contributed by atoms with E-state index in [1.54, 1.807) is 13.3 Å². The number of benzene rings is 1. The van der Waals surface area contributed by atoms with E-state index in [-0.39, 0.29) is 0 Å². The van der Waals surface area contributed by atoms with Crippen molar-refractivity contribution in [3.8, 4) is 5.75 Å². The second kappa shape index (κ2) is 7.04. The van der Waals surface area contributed by atoms with Crippen molar-refractivity contribution in [1.82, 2.24) is 4.98 Å². The maximum absolute atomic E-state index is 5.77. The summed E-state index contributed by atoms with van der Waals surface area (Å²) in [6.07, 6.45) is 2.75. The van der Waals surface area contributed by atoms with Crippen LogP contribution in [0.2, 0.25) is 0 Å². The average molecular weight is 301 g/mol. The number of nitrogens with one attached hydrogen (secondary N) is 1. The summed E-state index contributed by atoms with van der Waals surface area (Å²) in [5.74, 6) is 0.759. The largest absolute Gasteiger partial charge is 0.497 e. The summed E-state index contributed by atoms with van der Waals surface area (Å²) in [5, 5.41) is 3.35. The van der Waals surface area contributed by atoms with Gasteiger partial charge in [0.15, 0.2) is 0 Å². The summed E-state index contributed by atoms with van der Waals surface area (Å²) >= 11 is 5.09. The van der Waals surface area contributed by atoms with E-state index in [1.807, 2.05) is 24.3 Å². The minimum Gasteiger partial charge on any atom is -0.497 e. The number of ether oxygens (including phenoxy) is 1. The Bertz CT molecular complexity index is 643. The Balaban J connectivity index is 2.24. The predicted octanol–water partition coefficient (Wildman–Crippen LogP) is 2.90.